The smallest absolute Gasteiger partial charge is 0.332 e. The number of rotatable bonds is 1. The Bertz CT molecular complexity index is 495. The molecule has 19 heavy (non-hydrogen) atoms. The molecule has 6 nitrogen and oxygen atoms in total. The van der Waals surface area contributed by atoms with Gasteiger partial charge in [-0.3, -0.25) is 0 Å². The molecule has 1 atom stereocenters. The van der Waals surface area contributed by atoms with E-state index in [0.29, 0.717) is 5.56 Å². The Morgan fingerprint density at radius 3 is 2.95 bits per heavy atom. The van der Waals surface area contributed by atoms with Crippen molar-refractivity contribution in [2.75, 3.05) is 19.6 Å². The fourth-order valence-electron chi connectivity index (χ4n) is 3.03. The van der Waals surface area contributed by atoms with Gasteiger partial charge in [-0.1, -0.05) is 0 Å². The van der Waals surface area contributed by atoms with Crippen molar-refractivity contribution in [3.05, 3.63) is 18.0 Å². The number of carbonyl (C=O) groups is 1. The third kappa shape index (κ3) is 2.61. The average Bonchev–Trinajstić information content (AvgIpc) is 2.73. The molecule has 2 bridgehead atoms. The predicted octanol–water partition coefficient (Wildman–Crippen LogP) is 0.797. The second-order valence-electron chi connectivity index (χ2n) is 5.41. The fraction of sp³-hybridized carbons (Fsp3) is 0.615. The van der Waals surface area contributed by atoms with Crippen LogP contribution in [-0.2, 0) is 0 Å². The van der Waals surface area contributed by atoms with Gasteiger partial charge in [0.1, 0.15) is 6.07 Å². The lowest BCUT2D eigenvalue weighted by atomic mass is 9.94. The van der Waals surface area contributed by atoms with Crippen LogP contribution < -0.4 is 5.32 Å². The predicted molar refractivity (Wildman–Crippen MR) is 68.4 cm³/mol. The quantitative estimate of drug-likeness (QED) is 0.809. The molecule has 3 saturated heterocycles. The highest BCUT2D eigenvalue weighted by atomic mass is 16.2. The number of aromatic nitrogens is 2. The summed E-state index contributed by atoms with van der Waals surface area (Å²) in [7, 11) is 0. The van der Waals surface area contributed by atoms with Gasteiger partial charge in [0, 0.05) is 12.6 Å². The van der Waals surface area contributed by atoms with E-state index < -0.39 is 0 Å². The molecule has 1 aromatic rings. The molecule has 3 aliphatic rings. The summed E-state index contributed by atoms with van der Waals surface area (Å²) in [5, 5.41) is 15.6. The van der Waals surface area contributed by atoms with Crippen molar-refractivity contribution >= 4 is 6.03 Å². The Labute approximate surface area is 112 Å². The van der Waals surface area contributed by atoms with Crippen molar-refractivity contribution in [2.45, 2.75) is 25.3 Å². The van der Waals surface area contributed by atoms with Gasteiger partial charge in [0.15, 0.2) is 0 Å². The second-order valence-corrected chi connectivity index (χ2v) is 5.41. The Kier molecular flexibility index (Phi) is 3.22. The zero-order valence-electron chi connectivity index (χ0n) is 10.7. The monoisotopic (exact) mass is 259 g/mol. The molecule has 1 aromatic heterocycles. The van der Waals surface area contributed by atoms with Crippen LogP contribution in [0.25, 0.3) is 0 Å². The third-order valence-electron chi connectivity index (χ3n) is 4.05. The first-order chi connectivity index (χ1) is 9.24. The number of nitrogens with one attached hydrogen (secondary N) is 1. The summed E-state index contributed by atoms with van der Waals surface area (Å²) in [6.45, 7) is 3.23. The molecule has 100 valence electrons. The minimum Gasteiger partial charge on any atom is -0.332 e. The van der Waals surface area contributed by atoms with Gasteiger partial charge in [-0.15, -0.1) is 0 Å². The van der Waals surface area contributed by atoms with Crippen molar-refractivity contribution in [2.24, 2.45) is 5.92 Å². The first kappa shape index (κ1) is 12.2. The Hall–Kier alpha value is -1.87. The highest BCUT2D eigenvalue weighted by Gasteiger charge is 2.30. The molecule has 4 rings (SSSR count). The van der Waals surface area contributed by atoms with Crippen LogP contribution in [0, 0.1) is 17.2 Å². The Morgan fingerprint density at radius 2 is 2.26 bits per heavy atom. The average molecular weight is 259 g/mol. The van der Waals surface area contributed by atoms with E-state index in [0.717, 1.165) is 32.0 Å². The first-order valence-electron chi connectivity index (χ1n) is 6.72. The highest BCUT2D eigenvalue weighted by Crippen LogP contribution is 2.26. The van der Waals surface area contributed by atoms with E-state index >= 15 is 0 Å². The number of piperidine rings is 1. The molecule has 4 heterocycles. The van der Waals surface area contributed by atoms with Crippen molar-refractivity contribution in [3.63, 3.8) is 0 Å². The summed E-state index contributed by atoms with van der Waals surface area (Å²) in [6.07, 6.45) is 6.40. The molecule has 1 N–H and O–H groups in total. The molecule has 0 spiro atoms. The highest BCUT2D eigenvalue weighted by molar-refractivity contribution is 5.76. The fourth-order valence-corrected chi connectivity index (χ4v) is 3.03. The van der Waals surface area contributed by atoms with Crippen LogP contribution in [0.4, 0.5) is 4.79 Å². The van der Waals surface area contributed by atoms with Crippen molar-refractivity contribution in [3.8, 4) is 6.07 Å². The second kappa shape index (κ2) is 5.02. The molecule has 3 aliphatic heterocycles. The zero-order chi connectivity index (χ0) is 13.2. The van der Waals surface area contributed by atoms with Crippen molar-refractivity contribution in [1.82, 2.24) is 20.0 Å². The van der Waals surface area contributed by atoms with Gasteiger partial charge >= 0.3 is 6.03 Å². The molecule has 1 unspecified atom stereocenters. The Balaban J connectivity index is 1.64. The largest absolute Gasteiger partial charge is 0.342 e. The molecule has 0 radical (unpaired) electrons. The first-order valence-corrected chi connectivity index (χ1v) is 6.72. The molecule has 6 heteroatoms. The summed E-state index contributed by atoms with van der Waals surface area (Å²) in [6, 6.07) is 1.92. The number of hydrogen-bond acceptors (Lipinski definition) is 4. The summed E-state index contributed by atoms with van der Waals surface area (Å²) in [5.74, 6) is 0.733. The van der Waals surface area contributed by atoms with Gasteiger partial charge in [0.25, 0.3) is 0 Å². The number of carbonyl (C=O) groups excluding carboxylic acids is 1. The van der Waals surface area contributed by atoms with Crippen LogP contribution in [0.1, 0.15) is 24.8 Å². The van der Waals surface area contributed by atoms with Gasteiger partial charge in [-0.05, 0) is 38.3 Å². The van der Waals surface area contributed by atoms with Gasteiger partial charge in [-0.2, -0.15) is 15.0 Å². The lowest BCUT2D eigenvalue weighted by molar-refractivity contribution is 0.216. The standard InChI is InChI=1S/C13H17N5O/c14-6-11-7-15-18(8-11)13(19)16-12-5-10-1-3-17(9-12)4-2-10/h7-8,10,12H,1-5,9H2,(H,16,19). The molecule has 0 aromatic carbocycles. The van der Waals surface area contributed by atoms with Crippen LogP contribution >= 0.6 is 0 Å². The number of nitrogens with zero attached hydrogens (tertiary/aromatic N) is 4. The molecular formula is C13H17N5O. The minimum atomic E-state index is -0.242. The van der Waals surface area contributed by atoms with E-state index in [4.69, 9.17) is 5.26 Å². The molecule has 3 fully saturated rings. The summed E-state index contributed by atoms with van der Waals surface area (Å²) >= 11 is 0. The number of fused-ring (bicyclic) bond motifs is 4. The van der Waals surface area contributed by atoms with Crippen molar-refractivity contribution in [1.29, 1.82) is 5.26 Å². The topological polar surface area (TPSA) is 73.9 Å². The molecule has 0 aliphatic carbocycles. The number of nitriles is 1. The summed E-state index contributed by atoms with van der Waals surface area (Å²) < 4.78 is 1.21. The van der Waals surface area contributed by atoms with Gasteiger partial charge in [-0.25, -0.2) is 4.79 Å². The maximum Gasteiger partial charge on any atom is 0.342 e. The van der Waals surface area contributed by atoms with E-state index in [1.54, 1.807) is 0 Å². The lowest BCUT2D eigenvalue weighted by Gasteiger charge is -2.26. The third-order valence-corrected chi connectivity index (χ3v) is 4.05. The summed E-state index contributed by atoms with van der Waals surface area (Å²) in [5.41, 5.74) is 0.403. The van der Waals surface area contributed by atoms with Gasteiger partial charge in [0.2, 0.25) is 0 Å². The SMILES string of the molecule is N#Cc1cnn(C(=O)NC2CC3CCN(CC3)C2)c1. The van der Waals surface area contributed by atoms with Crippen LogP contribution in [0.3, 0.4) is 0 Å². The zero-order valence-corrected chi connectivity index (χ0v) is 10.7. The van der Waals surface area contributed by atoms with Gasteiger partial charge < -0.3 is 10.2 Å². The maximum atomic E-state index is 12.0. The van der Waals surface area contributed by atoms with E-state index in [1.165, 1.54) is 29.9 Å². The van der Waals surface area contributed by atoms with Crippen molar-refractivity contribution < 1.29 is 4.79 Å². The van der Waals surface area contributed by atoms with Crippen LogP contribution in [-0.4, -0.2) is 46.4 Å². The lowest BCUT2D eigenvalue weighted by Crippen LogP contribution is -2.43. The maximum absolute atomic E-state index is 12.0. The summed E-state index contributed by atoms with van der Waals surface area (Å²) in [4.78, 5) is 14.5. The Morgan fingerprint density at radius 1 is 1.47 bits per heavy atom. The van der Waals surface area contributed by atoms with E-state index in [9.17, 15) is 4.79 Å². The van der Waals surface area contributed by atoms with E-state index in [-0.39, 0.29) is 12.1 Å². The van der Waals surface area contributed by atoms with Crippen LogP contribution in [0.5, 0.6) is 0 Å². The minimum absolute atomic E-state index is 0.192. The van der Waals surface area contributed by atoms with E-state index in [2.05, 4.69) is 15.3 Å². The molecule has 1 amide bonds. The van der Waals surface area contributed by atoms with Crippen LogP contribution in [0.15, 0.2) is 12.4 Å². The van der Waals surface area contributed by atoms with E-state index in [1.807, 2.05) is 6.07 Å². The number of hydrogen-bond donors (Lipinski definition) is 1. The normalized spacial score (nSPS) is 29.5. The molecule has 0 saturated carbocycles. The molecular weight excluding hydrogens is 242 g/mol. The van der Waals surface area contributed by atoms with Gasteiger partial charge in [0.05, 0.1) is 18.0 Å². The van der Waals surface area contributed by atoms with Crippen LogP contribution in [0.2, 0.25) is 0 Å². The number of amides is 1.